The van der Waals surface area contributed by atoms with Crippen LogP contribution in [0.3, 0.4) is 0 Å². The van der Waals surface area contributed by atoms with Gasteiger partial charge in [0.05, 0.1) is 18.1 Å². The highest BCUT2D eigenvalue weighted by Crippen LogP contribution is 2.35. The third-order valence-corrected chi connectivity index (χ3v) is 7.15. The van der Waals surface area contributed by atoms with E-state index in [2.05, 4.69) is 9.62 Å². The number of ether oxygens (including phenoxy) is 1. The first-order chi connectivity index (χ1) is 12.8. The van der Waals surface area contributed by atoms with E-state index < -0.39 is 20.6 Å². The molecule has 0 atom stereocenters. The maximum atomic E-state index is 12.8. The molecule has 2 fully saturated rings. The number of nitrogens with zero attached hydrogens (tertiary/aromatic N) is 2. The van der Waals surface area contributed by atoms with Gasteiger partial charge in [-0.05, 0) is 25.0 Å². The van der Waals surface area contributed by atoms with Gasteiger partial charge >= 0.3 is 0 Å². The Kier molecular flexibility index (Phi) is 6.37. The molecule has 150 valence electrons. The Morgan fingerprint density at radius 3 is 2.52 bits per heavy atom. The predicted octanol–water partition coefficient (Wildman–Crippen LogP) is 2.56. The van der Waals surface area contributed by atoms with Gasteiger partial charge in [-0.2, -0.15) is 0 Å². The van der Waals surface area contributed by atoms with E-state index >= 15 is 0 Å². The molecule has 0 radical (unpaired) electrons. The van der Waals surface area contributed by atoms with E-state index in [1.807, 2.05) is 0 Å². The van der Waals surface area contributed by atoms with Gasteiger partial charge in [-0.25, -0.2) is 13.1 Å². The molecule has 10 heteroatoms. The summed E-state index contributed by atoms with van der Waals surface area (Å²) < 4.78 is 33.7. The summed E-state index contributed by atoms with van der Waals surface area (Å²) >= 11 is 5.80. The van der Waals surface area contributed by atoms with Crippen LogP contribution in [0.15, 0.2) is 23.1 Å². The molecule has 0 spiro atoms. The van der Waals surface area contributed by atoms with Crippen molar-refractivity contribution in [3.63, 3.8) is 0 Å². The van der Waals surface area contributed by atoms with Gasteiger partial charge in [0.1, 0.15) is 0 Å². The van der Waals surface area contributed by atoms with Crippen molar-refractivity contribution in [2.45, 2.75) is 42.5 Å². The zero-order chi connectivity index (χ0) is 19.5. The van der Waals surface area contributed by atoms with Crippen LogP contribution in [-0.4, -0.2) is 56.6 Å². The summed E-state index contributed by atoms with van der Waals surface area (Å²) in [6.07, 6.45) is 5.03. The quantitative estimate of drug-likeness (QED) is 0.563. The molecular formula is C17H24ClN3O5S. The highest BCUT2D eigenvalue weighted by molar-refractivity contribution is 7.89. The number of sulfonamides is 1. The number of nitrogens with one attached hydrogen (secondary N) is 1. The fourth-order valence-corrected chi connectivity index (χ4v) is 5.46. The Morgan fingerprint density at radius 2 is 1.89 bits per heavy atom. The van der Waals surface area contributed by atoms with Crippen molar-refractivity contribution in [2.24, 2.45) is 0 Å². The first-order valence-electron chi connectivity index (χ1n) is 9.10. The van der Waals surface area contributed by atoms with Gasteiger partial charge in [0.25, 0.3) is 5.69 Å². The molecule has 27 heavy (non-hydrogen) atoms. The molecule has 1 aliphatic heterocycles. The van der Waals surface area contributed by atoms with Gasteiger partial charge < -0.3 is 4.74 Å². The van der Waals surface area contributed by atoms with Gasteiger partial charge in [0.15, 0.2) is 4.90 Å². The van der Waals surface area contributed by atoms with Crippen LogP contribution in [0.25, 0.3) is 0 Å². The smallest absolute Gasteiger partial charge is 0.290 e. The van der Waals surface area contributed by atoms with Crippen LogP contribution < -0.4 is 4.72 Å². The van der Waals surface area contributed by atoms with E-state index in [1.54, 1.807) is 0 Å². The monoisotopic (exact) mass is 417 g/mol. The van der Waals surface area contributed by atoms with Crippen LogP contribution in [0.1, 0.15) is 32.1 Å². The highest BCUT2D eigenvalue weighted by atomic mass is 35.5. The first-order valence-corrected chi connectivity index (χ1v) is 11.0. The molecule has 1 aromatic rings. The molecule has 1 saturated heterocycles. The van der Waals surface area contributed by atoms with Crippen LogP contribution in [0, 0.1) is 10.1 Å². The molecule has 8 nitrogen and oxygen atoms in total. The van der Waals surface area contributed by atoms with Crippen LogP contribution in [-0.2, 0) is 14.8 Å². The Morgan fingerprint density at radius 1 is 1.22 bits per heavy atom. The van der Waals surface area contributed by atoms with E-state index in [0.29, 0.717) is 13.2 Å². The molecule has 0 amide bonds. The van der Waals surface area contributed by atoms with Crippen molar-refractivity contribution in [2.75, 3.05) is 32.8 Å². The van der Waals surface area contributed by atoms with E-state index in [0.717, 1.165) is 51.3 Å². The van der Waals surface area contributed by atoms with Crippen molar-refractivity contribution in [3.8, 4) is 0 Å². The zero-order valence-electron chi connectivity index (χ0n) is 15.0. The standard InChI is InChI=1S/C17H24ClN3O5S/c18-14-4-5-16(15(12-14)21(22)23)27(24,25)19-13-17(6-2-1-3-7-17)20-8-10-26-11-9-20/h4-5,12,19H,1-3,6-11,13H2. The zero-order valence-corrected chi connectivity index (χ0v) is 16.6. The van der Waals surface area contributed by atoms with Gasteiger partial charge in [-0.3, -0.25) is 15.0 Å². The van der Waals surface area contributed by atoms with Gasteiger partial charge in [0, 0.05) is 36.3 Å². The van der Waals surface area contributed by atoms with Gasteiger partial charge in [-0.1, -0.05) is 30.9 Å². The second-order valence-corrected chi connectivity index (χ2v) is 9.25. The average Bonchev–Trinajstić information content (AvgIpc) is 2.67. The topological polar surface area (TPSA) is 102 Å². The highest BCUT2D eigenvalue weighted by Gasteiger charge is 2.40. The minimum absolute atomic E-state index is 0.123. The van der Waals surface area contributed by atoms with Crippen LogP contribution in [0.4, 0.5) is 5.69 Å². The number of benzene rings is 1. The molecule has 1 N–H and O–H groups in total. The number of hydrogen-bond donors (Lipinski definition) is 1. The average molecular weight is 418 g/mol. The van der Waals surface area contributed by atoms with Crippen LogP contribution >= 0.6 is 11.6 Å². The second-order valence-electron chi connectivity index (χ2n) is 7.08. The summed E-state index contributed by atoms with van der Waals surface area (Å²) in [5, 5.41) is 11.4. The first kappa shape index (κ1) is 20.5. The third kappa shape index (κ3) is 4.60. The van der Waals surface area contributed by atoms with Crippen molar-refractivity contribution >= 4 is 27.3 Å². The minimum atomic E-state index is -4.04. The Labute approximate surface area is 164 Å². The minimum Gasteiger partial charge on any atom is -0.379 e. The van der Waals surface area contributed by atoms with Gasteiger partial charge in [0.2, 0.25) is 10.0 Å². The normalized spacial score (nSPS) is 21.1. The summed E-state index contributed by atoms with van der Waals surface area (Å²) in [6.45, 7) is 3.04. The molecule has 0 bridgehead atoms. The lowest BCUT2D eigenvalue weighted by molar-refractivity contribution is -0.387. The molecule has 1 aliphatic carbocycles. The van der Waals surface area contributed by atoms with Gasteiger partial charge in [-0.15, -0.1) is 0 Å². The molecule has 1 aromatic carbocycles. The fraction of sp³-hybridized carbons (Fsp3) is 0.647. The summed E-state index contributed by atoms with van der Waals surface area (Å²) in [5.41, 5.74) is -0.782. The molecule has 1 saturated carbocycles. The van der Waals surface area contributed by atoms with E-state index in [4.69, 9.17) is 16.3 Å². The van der Waals surface area contributed by atoms with E-state index in [1.165, 1.54) is 12.1 Å². The molecule has 3 rings (SSSR count). The van der Waals surface area contributed by atoms with Crippen molar-refractivity contribution in [1.82, 2.24) is 9.62 Å². The lowest BCUT2D eigenvalue weighted by atomic mass is 9.80. The number of morpholine rings is 1. The largest absolute Gasteiger partial charge is 0.379 e. The number of hydrogen-bond acceptors (Lipinski definition) is 6. The molecular weight excluding hydrogens is 394 g/mol. The summed E-state index contributed by atoms with van der Waals surface area (Å²) in [7, 11) is -4.04. The third-order valence-electron chi connectivity index (χ3n) is 5.46. The maximum Gasteiger partial charge on any atom is 0.290 e. The summed E-state index contributed by atoms with van der Waals surface area (Å²) in [6, 6.07) is 3.60. The molecule has 1 heterocycles. The fourth-order valence-electron chi connectivity index (χ4n) is 4.02. The molecule has 2 aliphatic rings. The van der Waals surface area contributed by atoms with Crippen LogP contribution in [0.5, 0.6) is 0 Å². The Balaban J connectivity index is 1.83. The Bertz CT molecular complexity index is 790. The number of halogens is 1. The van der Waals surface area contributed by atoms with Crippen LogP contribution in [0.2, 0.25) is 5.02 Å². The summed E-state index contributed by atoms with van der Waals surface area (Å²) in [4.78, 5) is 12.5. The van der Waals surface area contributed by atoms with Crippen molar-refractivity contribution in [1.29, 1.82) is 0 Å². The number of nitro benzene ring substituents is 1. The number of nitro groups is 1. The van der Waals surface area contributed by atoms with Crippen molar-refractivity contribution in [3.05, 3.63) is 33.3 Å². The lowest BCUT2D eigenvalue weighted by Crippen LogP contribution is -2.59. The number of rotatable bonds is 6. The predicted molar refractivity (Wildman–Crippen MR) is 102 cm³/mol. The van der Waals surface area contributed by atoms with Crippen molar-refractivity contribution < 1.29 is 18.1 Å². The lowest BCUT2D eigenvalue weighted by Gasteiger charge is -2.48. The second kappa shape index (κ2) is 8.40. The molecule has 0 aromatic heterocycles. The Hall–Kier alpha value is -1.26. The van der Waals surface area contributed by atoms with E-state index in [9.17, 15) is 18.5 Å². The maximum absolute atomic E-state index is 12.8. The molecule has 0 unspecified atom stereocenters. The van der Waals surface area contributed by atoms with E-state index in [-0.39, 0.29) is 22.0 Å². The SMILES string of the molecule is O=[N+]([O-])c1cc(Cl)ccc1S(=O)(=O)NCC1(N2CCOCC2)CCCCC1. The summed E-state index contributed by atoms with van der Waals surface area (Å²) in [5.74, 6) is 0.